The average molecular weight is 511 g/mol. The van der Waals surface area contributed by atoms with Gasteiger partial charge in [0.2, 0.25) is 0 Å². The molecule has 192 valence electrons. The minimum absolute atomic E-state index is 0.00648. The van der Waals surface area contributed by atoms with Gasteiger partial charge < -0.3 is 21.5 Å². The van der Waals surface area contributed by atoms with Crippen molar-refractivity contribution in [1.29, 1.82) is 0 Å². The first-order valence-electron chi connectivity index (χ1n) is 11.9. The molecule has 5 rings (SSSR count). The first-order valence-corrected chi connectivity index (χ1v) is 11.9. The number of para-hydroxylation sites is 1. The van der Waals surface area contributed by atoms with Gasteiger partial charge in [-0.2, -0.15) is 5.10 Å². The van der Waals surface area contributed by atoms with Crippen LogP contribution in [0.1, 0.15) is 40.3 Å². The molecule has 0 aliphatic rings. The van der Waals surface area contributed by atoms with Crippen molar-refractivity contribution in [3.05, 3.63) is 106 Å². The summed E-state index contributed by atoms with van der Waals surface area (Å²) in [6, 6.07) is 17.1. The molecule has 3 aromatic heterocycles. The summed E-state index contributed by atoms with van der Waals surface area (Å²) in [5.74, 6) is 0.199. The number of carbonyl (C=O) groups is 1. The monoisotopic (exact) mass is 510 g/mol. The van der Waals surface area contributed by atoms with E-state index < -0.39 is 11.9 Å². The second-order valence-corrected chi connectivity index (χ2v) is 8.83. The molecule has 38 heavy (non-hydrogen) atoms. The highest BCUT2D eigenvalue weighted by molar-refractivity contribution is 6.02. The number of benzene rings is 2. The Morgan fingerprint density at radius 2 is 1.89 bits per heavy atom. The van der Waals surface area contributed by atoms with E-state index in [0.717, 1.165) is 5.56 Å². The summed E-state index contributed by atoms with van der Waals surface area (Å²) in [6.07, 6.45) is 2.99. The lowest BCUT2D eigenvalue weighted by Gasteiger charge is -2.21. The molecule has 11 nitrogen and oxygen atoms in total. The number of nitrogen functional groups attached to an aromatic ring is 1. The Morgan fingerprint density at radius 3 is 2.66 bits per heavy atom. The molecule has 1 atom stereocenters. The van der Waals surface area contributed by atoms with Crippen LogP contribution in [0.15, 0.2) is 78.0 Å². The smallest absolute Gasteiger partial charge is 0.282 e. The predicted molar refractivity (Wildman–Crippen MR) is 143 cm³/mol. The van der Waals surface area contributed by atoms with E-state index in [9.17, 15) is 14.7 Å². The molecule has 0 radical (unpaired) electrons. The molecule has 11 heteroatoms. The molecule has 5 aromatic rings. The zero-order chi connectivity index (χ0) is 26.8. The average Bonchev–Trinajstić information content (AvgIpc) is 3.28. The minimum atomic E-state index is -0.568. The van der Waals surface area contributed by atoms with Gasteiger partial charge in [-0.25, -0.2) is 14.5 Å². The molecule has 1 unspecified atom stereocenters. The van der Waals surface area contributed by atoms with Gasteiger partial charge in [0.1, 0.15) is 34.8 Å². The van der Waals surface area contributed by atoms with E-state index in [-0.39, 0.29) is 35.1 Å². The molecule has 0 aliphatic carbocycles. The second-order valence-electron chi connectivity index (χ2n) is 8.83. The van der Waals surface area contributed by atoms with Crippen molar-refractivity contribution in [2.24, 2.45) is 0 Å². The quantitative estimate of drug-likeness (QED) is 0.261. The maximum absolute atomic E-state index is 13.6. The molecular weight excluding hydrogens is 484 g/mol. The van der Waals surface area contributed by atoms with Crippen molar-refractivity contribution in [2.75, 3.05) is 11.1 Å². The lowest BCUT2D eigenvalue weighted by atomic mass is 10.2. The lowest BCUT2D eigenvalue weighted by molar-refractivity contribution is 0.0952. The van der Waals surface area contributed by atoms with E-state index in [1.165, 1.54) is 6.33 Å². The van der Waals surface area contributed by atoms with Crippen LogP contribution in [0.4, 0.5) is 11.6 Å². The third-order valence-electron chi connectivity index (χ3n) is 6.14. The van der Waals surface area contributed by atoms with Gasteiger partial charge in [-0.05, 0) is 55.3 Å². The highest BCUT2D eigenvalue weighted by Gasteiger charge is 2.23. The number of fused-ring (bicyclic) bond motifs is 1. The number of nitrogens with two attached hydrogens (primary N) is 1. The molecule has 0 fully saturated rings. The van der Waals surface area contributed by atoms with Crippen LogP contribution in [0.2, 0.25) is 0 Å². The number of aromatic nitrogens is 5. The fourth-order valence-corrected chi connectivity index (χ4v) is 4.28. The van der Waals surface area contributed by atoms with Gasteiger partial charge in [0.25, 0.3) is 11.5 Å². The number of aromatic hydroxyl groups is 1. The number of phenolic OH excluding ortho intramolecular Hbond substituents is 1. The van der Waals surface area contributed by atoms with Crippen molar-refractivity contribution in [3.63, 3.8) is 0 Å². The summed E-state index contributed by atoms with van der Waals surface area (Å²) in [5.41, 5.74) is 8.58. The predicted octanol–water partition coefficient (Wildman–Crippen LogP) is 2.97. The summed E-state index contributed by atoms with van der Waals surface area (Å²) >= 11 is 0. The molecule has 3 heterocycles. The number of aryl methyl sites for hydroxylation is 1. The SMILES string of the molecule is Cc1ccn2nc(C(C)Nc3ncnc(N)c3C(=O)NCc3cccc(O)c3)n(-c3ccccc3)c(=O)c12. The Morgan fingerprint density at radius 1 is 1.11 bits per heavy atom. The number of amides is 1. The molecule has 0 aliphatic heterocycles. The summed E-state index contributed by atoms with van der Waals surface area (Å²) in [4.78, 5) is 35.0. The highest BCUT2D eigenvalue weighted by atomic mass is 16.3. The number of rotatable bonds is 7. The molecule has 0 saturated heterocycles. The molecular formula is C27H26N8O3. The number of hydrogen-bond donors (Lipinski definition) is 4. The highest BCUT2D eigenvalue weighted by Crippen LogP contribution is 2.24. The van der Waals surface area contributed by atoms with Crippen LogP contribution in [-0.2, 0) is 6.54 Å². The molecule has 1 amide bonds. The number of hydrogen-bond acceptors (Lipinski definition) is 8. The second kappa shape index (κ2) is 10.1. The summed E-state index contributed by atoms with van der Waals surface area (Å²) in [6.45, 7) is 3.84. The fourth-order valence-electron chi connectivity index (χ4n) is 4.28. The van der Waals surface area contributed by atoms with Crippen LogP contribution in [0.3, 0.4) is 0 Å². The zero-order valence-corrected chi connectivity index (χ0v) is 20.8. The van der Waals surface area contributed by atoms with Crippen molar-refractivity contribution < 1.29 is 9.90 Å². The normalized spacial score (nSPS) is 11.8. The van der Waals surface area contributed by atoms with Crippen LogP contribution in [0.25, 0.3) is 11.2 Å². The maximum atomic E-state index is 13.6. The van der Waals surface area contributed by atoms with Crippen molar-refractivity contribution in [1.82, 2.24) is 29.5 Å². The van der Waals surface area contributed by atoms with Crippen LogP contribution in [0, 0.1) is 6.92 Å². The van der Waals surface area contributed by atoms with Crippen molar-refractivity contribution in [2.45, 2.75) is 26.4 Å². The van der Waals surface area contributed by atoms with Gasteiger partial charge in [0.05, 0.1) is 11.7 Å². The summed E-state index contributed by atoms with van der Waals surface area (Å²) < 4.78 is 3.11. The van der Waals surface area contributed by atoms with Gasteiger partial charge in [-0.1, -0.05) is 30.3 Å². The van der Waals surface area contributed by atoms with Gasteiger partial charge in [-0.15, -0.1) is 0 Å². The van der Waals surface area contributed by atoms with E-state index in [4.69, 9.17) is 10.8 Å². The molecule has 5 N–H and O–H groups in total. The largest absolute Gasteiger partial charge is 0.508 e. The van der Waals surface area contributed by atoms with Gasteiger partial charge in [0.15, 0.2) is 5.82 Å². The van der Waals surface area contributed by atoms with Crippen molar-refractivity contribution in [3.8, 4) is 11.4 Å². The van der Waals surface area contributed by atoms with Crippen LogP contribution < -0.4 is 21.9 Å². The topological polar surface area (TPSA) is 152 Å². The number of phenols is 1. The Hall–Kier alpha value is -5.19. The number of nitrogens with one attached hydrogen (secondary N) is 2. The standard InChI is InChI=1S/C27H26N8O3/c1-16-11-12-34-22(16)27(38)35(19-8-4-3-5-9-19)25(33-34)17(2)32-24-21(23(28)30-15-31-24)26(37)29-14-18-7-6-10-20(36)13-18/h3-13,15,17,36H,14H2,1-2H3,(H,29,37)(H3,28,30,31,32). The molecule has 0 spiro atoms. The molecule has 2 aromatic carbocycles. The lowest BCUT2D eigenvalue weighted by Crippen LogP contribution is -2.30. The Balaban J connectivity index is 1.51. The van der Waals surface area contributed by atoms with E-state index in [2.05, 4.69) is 20.6 Å². The number of anilines is 2. The Bertz CT molecular complexity index is 1690. The van der Waals surface area contributed by atoms with Crippen molar-refractivity contribution >= 4 is 23.1 Å². The van der Waals surface area contributed by atoms with Crippen LogP contribution >= 0.6 is 0 Å². The van der Waals surface area contributed by atoms with E-state index in [1.54, 1.807) is 39.5 Å². The van der Waals surface area contributed by atoms with Gasteiger partial charge in [0, 0.05) is 12.7 Å². The van der Waals surface area contributed by atoms with E-state index >= 15 is 0 Å². The molecule has 0 saturated carbocycles. The summed E-state index contributed by atoms with van der Waals surface area (Å²) in [7, 11) is 0. The third-order valence-corrected chi connectivity index (χ3v) is 6.14. The number of carbonyl (C=O) groups excluding carboxylic acids is 1. The van der Waals surface area contributed by atoms with Crippen LogP contribution in [-0.4, -0.2) is 35.2 Å². The first-order chi connectivity index (χ1) is 18.3. The zero-order valence-electron chi connectivity index (χ0n) is 20.8. The Labute approximate surface area is 217 Å². The minimum Gasteiger partial charge on any atom is -0.508 e. The fraction of sp³-hybridized carbons (Fsp3) is 0.148. The maximum Gasteiger partial charge on any atom is 0.282 e. The van der Waals surface area contributed by atoms with Gasteiger partial charge >= 0.3 is 0 Å². The third kappa shape index (κ3) is 4.64. The summed E-state index contributed by atoms with van der Waals surface area (Å²) in [5, 5.41) is 20.4. The number of nitrogens with zero attached hydrogens (tertiary/aromatic N) is 5. The van der Waals surface area contributed by atoms with Crippen LogP contribution in [0.5, 0.6) is 5.75 Å². The first kappa shape index (κ1) is 24.5. The van der Waals surface area contributed by atoms with Gasteiger partial charge in [-0.3, -0.25) is 14.2 Å². The van der Waals surface area contributed by atoms with E-state index in [0.29, 0.717) is 22.6 Å². The molecule has 0 bridgehead atoms. The Kier molecular flexibility index (Phi) is 6.48. The van der Waals surface area contributed by atoms with E-state index in [1.807, 2.05) is 50.2 Å².